The molecule has 4 heteroatoms. The van der Waals surface area contributed by atoms with Crippen molar-refractivity contribution < 1.29 is 9.59 Å². The lowest BCUT2D eigenvalue weighted by molar-refractivity contribution is -0.134. The van der Waals surface area contributed by atoms with Crippen LogP contribution in [-0.4, -0.2) is 11.8 Å². The topological polar surface area (TPSA) is 46.2 Å². The predicted molar refractivity (Wildman–Crippen MR) is 56.6 cm³/mol. The van der Waals surface area contributed by atoms with E-state index < -0.39 is 0 Å². The van der Waals surface area contributed by atoms with E-state index in [0.29, 0.717) is 17.9 Å². The summed E-state index contributed by atoms with van der Waals surface area (Å²) < 4.78 is 0. The largest absolute Gasteiger partial charge is 0.296 e. The van der Waals surface area contributed by atoms with Gasteiger partial charge in [-0.1, -0.05) is 23.7 Å². The maximum absolute atomic E-state index is 11.5. The van der Waals surface area contributed by atoms with Crippen LogP contribution in [0.4, 0.5) is 0 Å². The van der Waals surface area contributed by atoms with Crippen LogP contribution in [0.3, 0.4) is 0 Å². The number of benzene rings is 1. The van der Waals surface area contributed by atoms with Crippen molar-refractivity contribution >= 4 is 23.4 Å². The fourth-order valence-electron chi connectivity index (χ4n) is 1.71. The van der Waals surface area contributed by atoms with Crippen LogP contribution in [-0.2, 0) is 9.59 Å². The van der Waals surface area contributed by atoms with Gasteiger partial charge in [0.25, 0.3) is 0 Å². The zero-order valence-electron chi connectivity index (χ0n) is 8.00. The summed E-state index contributed by atoms with van der Waals surface area (Å²) in [6.07, 6.45) is 0.978. The number of hydrogen-bond donors (Lipinski definition) is 1. The van der Waals surface area contributed by atoms with E-state index in [0.717, 1.165) is 5.56 Å². The third kappa shape index (κ3) is 2.18. The molecule has 0 aliphatic carbocycles. The predicted octanol–water partition coefficient (Wildman–Crippen LogP) is 1.86. The fraction of sp³-hybridized carbons (Fsp3) is 0.273. The average Bonchev–Trinajstić information content (AvgIpc) is 2.20. The Morgan fingerprint density at radius 1 is 1.20 bits per heavy atom. The Kier molecular flexibility index (Phi) is 2.73. The van der Waals surface area contributed by atoms with Crippen molar-refractivity contribution in [2.24, 2.45) is 0 Å². The molecule has 0 bridgehead atoms. The molecular formula is C11H10ClNO2. The first-order chi connectivity index (χ1) is 7.16. The lowest BCUT2D eigenvalue weighted by Crippen LogP contribution is -2.39. The lowest BCUT2D eigenvalue weighted by atomic mass is 9.91. The smallest absolute Gasteiger partial charge is 0.234 e. The molecule has 1 aliphatic heterocycles. The molecule has 1 aromatic carbocycles. The van der Waals surface area contributed by atoms with E-state index in [1.165, 1.54) is 0 Å². The van der Waals surface area contributed by atoms with E-state index in [9.17, 15) is 9.59 Å². The number of halogens is 1. The van der Waals surface area contributed by atoms with E-state index in [2.05, 4.69) is 5.32 Å². The van der Waals surface area contributed by atoms with Gasteiger partial charge >= 0.3 is 0 Å². The molecular weight excluding hydrogens is 214 g/mol. The molecule has 3 nitrogen and oxygen atoms in total. The summed E-state index contributed by atoms with van der Waals surface area (Å²) in [7, 11) is 0. The lowest BCUT2D eigenvalue weighted by Gasteiger charge is -2.20. The zero-order chi connectivity index (χ0) is 10.8. The first-order valence-electron chi connectivity index (χ1n) is 4.76. The van der Waals surface area contributed by atoms with Crippen molar-refractivity contribution in [3.05, 3.63) is 34.9 Å². The summed E-state index contributed by atoms with van der Waals surface area (Å²) in [6.45, 7) is 0. The number of imide groups is 1. The molecule has 0 aromatic heterocycles. The highest BCUT2D eigenvalue weighted by Crippen LogP contribution is 2.25. The van der Waals surface area contributed by atoms with Crippen LogP contribution < -0.4 is 5.32 Å². The normalized spacial score (nSPS) is 21.3. The minimum Gasteiger partial charge on any atom is -0.296 e. The van der Waals surface area contributed by atoms with E-state index in [1.807, 2.05) is 12.1 Å². The Balaban J connectivity index is 2.20. The Morgan fingerprint density at radius 3 is 2.47 bits per heavy atom. The number of carbonyl (C=O) groups excluding carboxylic acids is 2. The summed E-state index contributed by atoms with van der Waals surface area (Å²) in [5, 5.41) is 2.98. The van der Waals surface area contributed by atoms with Crippen molar-refractivity contribution in [3.63, 3.8) is 0 Å². The first-order valence-corrected chi connectivity index (χ1v) is 5.14. The van der Waals surface area contributed by atoms with Crippen LogP contribution in [0, 0.1) is 0 Å². The van der Waals surface area contributed by atoms with Crippen LogP contribution in [0.1, 0.15) is 24.3 Å². The molecule has 2 rings (SSSR count). The first kappa shape index (κ1) is 10.2. The van der Waals surface area contributed by atoms with Crippen LogP contribution in [0.25, 0.3) is 0 Å². The summed E-state index contributed by atoms with van der Waals surface area (Å²) in [5.41, 5.74) is 0.907. The van der Waals surface area contributed by atoms with Crippen LogP contribution in [0.2, 0.25) is 5.02 Å². The average molecular weight is 224 g/mol. The van der Waals surface area contributed by atoms with Gasteiger partial charge in [0.1, 0.15) is 0 Å². The molecule has 1 atom stereocenters. The molecule has 1 unspecified atom stereocenters. The zero-order valence-corrected chi connectivity index (χ0v) is 8.75. The highest BCUT2D eigenvalue weighted by Gasteiger charge is 2.27. The van der Waals surface area contributed by atoms with E-state index in [-0.39, 0.29) is 17.7 Å². The number of rotatable bonds is 1. The quantitative estimate of drug-likeness (QED) is 0.739. The monoisotopic (exact) mass is 223 g/mol. The molecule has 2 amide bonds. The van der Waals surface area contributed by atoms with Gasteiger partial charge in [0, 0.05) is 11.4 Å². The van der Waals surface area contributed by atoms with Crippen molar-refractivity contribution in [2.75, 3.05) is 0 Å². The minimum absolute atomic E-state index is 0.190. The fourth-order valence-corrected chi connectivity index (χ4v) is 1.83. The number of nitrogens with one attached hydrogen (secondary N) is 1. The summed E-state index contributed by atoms with van der Waals surface area (Å²) in [4.78, 5) is 22.5. The van der Waals surface area contributed by atoms with Crippen LogP contribution in [0.15, 0.2) is 24.3 Å². The number of piperidine rings is 1. The maximum Gasteiger partial charge on any atom is 0.234 e. The van der Waals surface area contributed by atoms with Gasteiger partial charge in [-0.25, -0.2) is 0 Å². The number of hydrogen-bond acceptors (Lipinski definition) is 2. The number of carbonyl (C=O) groups is 2. The molecule has 1 aliphatic rings. The van der Waals surface area contributed by atoms with Gasteiger partial charge in [0.05, 0.1) is 5.92 Å². The van der Waals surface area contributed by atoms with Crippen molar-refractivity contribution in [1.82, 2.24) is 5.32 Å². The van der Waals surface area contributed by atoms with Gasteiger partial charge in [-0.2, -0.15) is 0 Å². The van der Waals surface area contributed by atoms with Gasteiger partial charge in [0.15, 0.2) is 0 Å². The summed E-state index contributed by atoms with van der Waals surface area (Å²) in [5.74, 6) is -0.626. The van der Waals surface area contributed by atoms with Gasteiger partial charge in [-0.15, -0.1) is 0 Å². The van der Waals surface area contributed by atoms with Crippen molar-refractivity contribution in [3.8, 4) is 0 Å². The molecule has 1 saturated heterocycles. The Labute approximate surface area is 92.4 Å². The summed E-state index contributed by atoms with van der Waals surface area (Å²) >= 11 is 5.76. The minimum atomic E-state index is -0.222. The Hall–Kier alpha value is -1.35. The van der Waals surface area contributed by atoms with Gasteiger partial charge in [0.2, 0.25) is 11.8 Å². The van der Waals surface area contributed by atoms with Gasteiger partial charge in [-0.05, 0) is 24.1 Å². The highest BCUT2D eigenvalue weighted by atomic mass is 35.5. The van der Waals surface area contributed by atoms with E-state index >= 15 is 0 Å². The second-order valence-electron chi connectivity index (χ2n) is 3.56. The van der Waals surface area contributed by atoms with Crippen molar-refractivity contribution in [2.45, 2.75) is 18.8 Å². The van der Waals surface area contributed by atoms with Gasteiger partial charge < -0.3 is 0 Å². The van der Waals surface area contributed by atoms with E-state index in [1.54, 1.807) is 12.1 Å². The van der Waals surface area contributed by atoms with E-state index in [4.69, 9.17) is 11.6 Å². The van der Waals surface area contributed by atoms with Gasteiger partial charge in [-0.3, -0.25) is 14.9 Å². The molecule has 78 valence electrons. The molecule has 1 fully saturated rings. The number of amides is 2. The van der Waals surface area contributed by atoms with Crippen LogP contribution >= 0.6 is 11.6 Å². The molecule has 1 aromatic rings. The highest BCUT2D eigenvalue weighted by molar-refractivity contribution is 6.30. The Morgan fingerprint density at radius 2 is 1.87 bits per heavy atom. The standard InChI is InChI=1S/C11H10ClNO2/c12-8-3-1-7(2-4-8)9-5-6-10(14)13-11(9)15/h1-4,9H,5-6H2,(H,13,14,15). The SMILES string of the molecule is O=C1CCC(c2ccc(Cl)cc2)C(=O)N1. The summed E-state index contributed by atoms with van der Waals surface area (Å²) in [6, 6.07) is 7.14. The third-order valence-corrected chi connectivity index (χ3v) is 2.76. The molecule has 1 N–H and O–H groups in total. The van der Waals surface area contributed by atoms with Crippen LogP contribution in [0.5, 0.6) is 0 Å². The molecule has 15 heavy (non-hydrogen) atoms. The third-order valence-electron chi connectivity index (χ3n) is 2.51. The molecule has 0 radical (unpaired) electrons. The van der Waals surface area contributed by atoms with Crippen molar-refractivity contribution in [1.29, 1.82) is 0 Å². The Bertz CT molecular complexity index is 400. The second kappa shape index (κ2) is 4.03. The molecule has 0 saturated carbocycles. The maximum atomic E-state index is 11.5. The molecule has 1 heterocycles. The molecule has 0 spiro atoms. The second-order valence-corrected chi connectivity index (χ2v) is 3.99.